The molecule has 3 aromatic carbocycles. The van der Waals surface area contributed by atoms with Crippen molar-refractivity contribution in [3.05, 3.63) is 94.0 Å². The molecule has 0 saturated heterocycles. The van der Waals surface area contributed by atoms with Crippen LogP contribution in [-0.4, -0.2) is 19.2 Å². The molecule has 0 aliphatic heterocycles. The van der Waals surface area contributed by atoms with E-state index in [0.717, 1.165) is 11.1 Å². The Hall–Kier alpha value is -3.31. The van der Waals surface area contributed by atoms with Gasteiger partial charge in [-0.15, -0.1) is 0 Å². The summed E-state index contributed by atoms with van der Waals surface area (Å²) < 4.78 is 11.4. The monoisotopic (exact) mass is 408 g/mol. The van der Waals surface area contributed by atoms with Crippen molar-refractivity contribution < 1.29 is 14.3 Å². The van der Waals surface area contributed by atoms with Crippen LogP contribution in [0.2, 0.25) is 5.02 Å². The van der Waals surface area contributed by atoms with E-state index >= 15 is 0 Å². The fourth-order valence-corrected chi connectivity index (χ4v) is 2.74. The molecule has 0 aliphatic carbocycles. The van der Waals surface area contributed by atoms with E-state index in [9.17, 15) is 4.79 Å². The van der Waals surface area contributed by atoms with E-state index in [0.29, 0.717) is 34.3 Å². The Morgan fingerprint density at radius 2 is 1.79 bits per heavy atom. The van der Waals surface area contributed by atoms with Crippen molar-refractivity contribution in [2.24, 2.45) is 5.10 Å². The number of para-hydroxylation sites is 1. The average Bonchev–Trinajstić information content (AvgIpc) is 2.74. The molecule has 0 radical (unpaired) electrons. The number of amides is 1. The van der Waals surface area contributed by atoms with E-state index in [4.69, 9.17) is 21.1 Å². The molecule has 29 heavy (non-hydrogen) atoms. The molecular weight excluding hydrogens is 388 g/mol. The predicted octanol–water partition coefficient (Wildman–Crippen LogP) is 5.00. The van der Waals surface area contributed by atoms with Gasteiger partial charge in [0, 0.05) is 16.1 Å². The average molecular weight is 409 g/mol. The van der Waals surface area contributed by atoms with Gasteiger partial charge in [-0.05, 0) is 48.9 Å². The Morgan fingerprint density at radius 3 is 2.48 bits per heavy atom. The number of hydrogen-bond donors (Lipinski definition) is 1. The first-order valence-corrected chi connectivity index (χ1v) is 9.39. The molecule has 0 atom stereocenters. The topological polar surface area (TPSA) is 59.9 Å². The normalized spacial score (nSPS) is 10.7. The molecule has 0 aromatic heterocycles. The van der Waals surface area contributed by atoms with Crippen LogP contribution in [0.3, 0.4) is 0 Å². The smallest absolute Gasteiger partial charge is 0.271 e. The van der Waals surface area contributed by atoms with Gasteiger partial charge >= 0.3 is 0 Å². The Kier molecular flexibility index (Phi) is 6.87. The number of nitrogens with one attached hydrogen (secondary N) is 1. The molecule has 0 spiro atoms. The van der Waals surface area contributed by atoms with Gasteiger partial charge < -0.3 is 9.47 Å². The van der Waals surface area contributed by atoms with Crippen molar-refractivity contribution in [2.75, 3.05) is 7.11 Å². The van der Waals surface area contributed by atoms with E-state index in [1.807, 2.05) is 55.5 Å². The summed E-state index contributed by atoms with van der Waals surface area (Å²) in [5.74, 6) is 0.832. The van der Waals surface area contributed by atoms with Crippen LogP contribution in [-0.2, 0) is 6.61 Å². The number of nitrogens with zero attached hydrogens (tertiary/aromatic N) is 1. The second kappa shape index (κ2) is 9.75. The molecule has 3 aromatic rings. The summed E-state index contributed by atoms with van der Waals surface area (Å²) in [6, 6.07) is 20.2. The quantitative estimate of drug-likeness (QED) is 0.442. The second-order valence-electron chi connectivity index (χ2n) is 6.36. The van der Waals surface area contributed by atoms with Gasteiger partial charge in [0.05, 0.1) is 13.3 Å². The van der Waals surface area contributed by atoms with Gasteiger partial charge in [-0.3, -0.25) is 4.79 Å². The van der Waals surface area contributed by atoms with E-state index in [2.05, 4.69) is 10.5 Å². The first-order chi connectivity index (χ1) is 14.1. The van der Waals surface area contributed by atoms with Crippen LogP contribution in [0, 0.1) is 6.92 Å². The maximum atomic E-state index is 12.2. The van der Waals surface area contributed by atoms with Crippen LogP contribution in [0.5, 0.6) is 11.5 Å². The fraction of sp³-hybridized carbons (Fsp3) is 0.130. The Bertz CT molecular complexity index is 1000. The van der Waals surface area contributed by atoms with Crippen LogP contribution < -0.4 is 14.9 Å². The van der Waals surface area contributed by atoms with Gasteiger partial charge in [0.1, 0.15) is 6.61 Å². The highest BCUT2D eigenvalue weighted by molar-refractivity contribution is 6.30. The van der Waals surface area contributed by atoms with Gasteiger partial charge in [-0.25, -0.2) is 5.43 Å². The maximum absolute atomic E-state index is 12.2. The van der Waals surface area contributed by atoms with Crippen LogP contribution in [0.1, 0.15) is 27.0 Å². The van der Waals surface area contributed by atoms with Crippen LogP contribution in [0.25, 0.3) is 0 Å². The summed E-state index contributed by atoms with van der Waals surface area (Å²) >= 11 is 5.92. The number of carbonyl (C=O) groups excluding carboxylic acids is 1. The third-order valence-electron chi connectivity index (χ3n) is 4.21. The Morgan fingerprint density at radius 1 is 1.07 bits per heavy atom. The minimum Gasteiger partial charge on any atom is -0.493 e. The standard InChI is InChI=1S/C23H21ClN2O3/c1-16-6-10-18(11-7-16)23(27)26-25-14-19-4-3-5-21(28-2)22(19)29-15-17-8-12-20(24)13-9-17/h3-14H,15H2,1-2H3,(H,26,27)/b25-14+. The minimum absolute atomic E-state index is 0.284. The number of carbonyl (C=O) groups is 1. The number of aryl methyl sites for hydroxylation is 1. The SMILES string of the molecule is COc1cccc(/C=N/NC(=O)c2ccc(C)cc2)c1OCc1ccc(Cl)cc1. The molecule has 0 saturated carbocycles. The summed E-state index contributed by atoms with van der Waals surface area (Å²) in [6.07, 6.45) is 1.53. The number of methoxy groups -OCH3 is 1. The van der Waals surface area contributed by atoms with Crippen molar-refractivity contribution in [3.63, 3.8) is 0 Å². The lowest BCUT2D eigenvalue weighted by Gasteiger charge is -2.13. The first kappa shape index (κ1) is 20.4. The largest absolute Gasteiger partial charge is 0.493 e. The lowest BCUT2D eigenvalue weighted by atomic mass is 10.1. The van der Waals surface area contributed by atoms with Crippen molar-refractivity contribution in [1.82, 2.24) is 5.43 Å². The highest BCUT2D eigenvalue weighted by Crippen LogP contribution is 2.31. The molecule has 0 aliphatic rings. The maximum Gasteiger partial charge on any atom is 0.271 e. The molecule has 148 valence electrons. The van der Waals surface area contributed by atoms with Gasteiger partial charge in [0.15, 0.2) is 11.5 Å². The van der Waals surface area contributed by atoms with E-state index < -0.39 is 0 Å². The zero-order valence-electron chi connectivity index (χ0n) is 16.2. The molecule has 0 fully saturated rings. The molecule has 0 heterocycles. The zero-order chi connectivity index (χ0) is 20.6. The molecular formula is C23H21ClN2O3. The number of hydrazone groups is 1. The zero-order valence-corrected chi connectivity index (χ0v) is 16.9. The van der Waals surface area contributed by atoms with Crippen molar-refractivity contribution in [1.29, 1.82) is 0 Å². The van der Waals surface area contributed by atoms with Crippen LogP contribution >= 0.6 is 11.6 Å². The summed E-state index contributed by atoms with van der Waals surface area (Å²) in [7, 11) is 1.57. The molecule has 1 N–H and O–H groups in total. The van der Waals surface area contributed by atoms with Crippen molar-refractivity contribution in [3.8, 4) is 11.5 Å². The highest BCUT2D eigenvalue weighted by atomic mass is 35.5. The van der Waals surface area contributed by atoms with Gasteiger partial charge in [0.25, 0.3) is 5.91 Å². The number of halogens is 1. The van der Waals surface area contributed by atoms with Crippen LogP contribution in [0.4, 0.5) is 0 Å². The van der Waals surface area contributed by atoms with E-state index in [-0.39, 0.29) is 5.91 Å². The lowest BCUT2D eigenvalue weighted by Crippen LogP contribution is -2.17. The summed E-state index contributed by atoms with van der Waals surface area (Å²) in [6.45, 7) is 2.31. The molecule has 6 heteroatoms. The Balaban J connectivity index is 1.72. The molecule has 1 amide bonds. The Labute approximate surface area is 174 Å². The highest BCUT2D eigenvalue weighted by Gasteiger charge is 2.10. The number of hydrogen-bond acceptors (Lipinski definition) is 4. The van der Waals surface area contributed by atoms with Gasteiger partial charge in [-0.2, -0.15) is 5.10 Å². The second-order valence-corrected chi connectivity index (χ2v) is 6.80. The molecule has 0 bridgehead atoms. The van der Waals surface area contributed by atoms with Crippen molar-refractivity contribution >= 4 is 23.7 Å². The number of rotatable bonds is 7. The van der Waals surface area contributed by atoms with E-state index in [1.165, 1.54) is 6.21 Å². The van der Waals surface area contributed by atoms with Crippen molar-refractivity contribution in [2.45, 2.75) is 13.5 Å². The van der Waals surface area contributed by atoms with Gasteiger partial charge in [0.2, 0.25) is 0 Å². The molecule has 0 unspecified atom stereocenters. The molecule has 5 nitrogen and oxygen atoms in total. The molecule has 3 rings (SSSR count). The van der Waals surface area contributed by atoms with Crippen LogP contribution in [0.15, 0.2) is 71.8 Å². The lowest BCUT2D eigenvalue weighted by molar-refractivity contribution is 0.0955. The first-order valence-electron chi connectivity index (χ1n) is 9.01. The third-order valence-corrected chi connectivity index (χ3v) is 4.46. The van der Waals surface area contributed by atoms with E-state index in [1.54, 1.807) is 25.3 Å². The predicted molar refractivity (Wildman–Crippen MR) is 115 cm³/mol. The third kappa shape index (κ3) is 5.59. The minimum atomic E-state index is -0.284. The number of benzene rings is 3. The summed E-state index contributed by atoms with van der Waals surface area (Å²) in [4.78, 5) is 12.2. The fourth-order valence-electron chi connectivity index (χ4n) is 2.62. The summed E-state index contributed by atoms with van der Waals surface area (Å²) in [5, 5.41) is 4.74. The summed E-state index contributed by atoms with van der Waals surface area (Å²) in [5.41, 5.74) is 5.81. The van der Waals surface area contributed by atoms with Gasteiger partial charge in [-0.1, -0.05) is 47.5 Å². The number of ether oxygens (including phenoxy) is 2.